The smallest absolute Gasteiger partial charge is 0.333 e. The maximum absolute atomic E-state index is 12.3. The lowest BCUT2D eigenvalue weighted by Crippen LogP contribution is -2.53. The molecule has 1 heterocycles. The van der Waals surface area contributed by atoms with Gasteiger partial charge in [-0.1, -0.05) is 19.9 Å². The van der Waals surface area contributed by atoms with Crippen molar-refractivity contribution < 1.29 is 23.5 Å². The maximum atomic E-state index is 12.3. The van der Waals surface area contributed by atoms with Crippen molar-refractivity contribution in [3.63, 3.8) is 0 Å². The van der Waals surface area contributed by atoms with Crippen molar-refractivity contribution in [1.82, 2.24) is 0 Å². The number of allylic oxidation sites excluding steroid dienone is 1. The summed E-state index contributed by atoms with van der Waals surface area (Å²) < 4.78 is 17.5. The first-order chi connectivity index (χ1) is 12.7. The van der Waals surface area contributed by atoms with Crippen LogP contribution in [-0.2, 0) is 25.5 Å². The zero-order valence-corrected chi connectivity index (χ0v) is 17.1. The molecule has 1 aromatic rings. The summed E-state index contributed by atoms with van der Waals surface area (Å²) in [7, 11) is 0. The van der Waals surface area contributed by atoms with Crippen LogP contribution >= 0.6 is 0 Å². The molecule has 1 fully saturated rings. The number of ether oxygens (including phenoxy) is 2. The molecule has 1 aromatic heterocycles. The molecule has 0 bridgehead atoms. The predicted molar refractivity (Wildman–Crippen MR) is 101 cm³/mol. The third-order valence-electron chi connectivity index (χ3n) is 6.88. The number of carbonyl (C=O) groups excluding carboxylic acids is 2. The van der Waals surface area contributed by atoms with Crippen LogP contribution in [0.1, 0.15) is 70.5 Å². The van der Waals surface area contributed by atoms with E-state index in [-0.39, 0.29) is 35.5 Å². The van der Waals surface area contributed by atoms with Crippen molar-refractivity contribution in [2.75, 3.05) is 0 Å². The first-order valence-electron chi connectivity index (χ1n) is 9.78. The second-order valence-electron chi connectivity index (χ2n) is 8.29. The molecule has 0 N–H and O–H groups in total. The summed E-state index contributed by atoms with van der Waals surface area (Å²) in [6.07, 6.45) is 5.48. The molecule has 0 unspecified atom stereocenters. The van der Waals surface area contributed by atoms with Crippen LogP contribution in [0.25, 0.3) is 0 Å². The minimum Gasteiger partial charge on any atom is -0.469 e. The standard InChI is InChI=1S/C22H30O5/c1-7-12(2)21(24)27-17-9-8-16-10-18-19(13(3)11-25-18)20(26-15(5)23)22(16,6)14(17)4/h7,11,14,16-17,20H,8-10H2,1-6H3/t14-,16+,17-,20+,22+/m0/s1. The summed E-state index contributed by atoms with van der Waals surface area (Å²) in [5.41, 5.74) is 2.29. The van der Waals surface area contributed by atoms with Crippen molar-refractivity contribution >= 4 is 11.9 Å². The van der Waals surface area contributed by atoms with Gasteiger partial charge in [0.05, 0.1) is 6.26 Å². The minimum atomic E-state index is -0.387. The highest BCUT2D eigenvalue weighted by Gasteiger charge is 2.57. The van der Waals surface area contributed by atoms with Gasteiger partial charge in [-0.15, -0.1) is 0 Å². The number of carbonyl (C=O) groups is 2. The zero-order chi connectivity index (χ0) is 19.9. The first kappa shape index (κ1) is 19.7. The van der Waals surface area contributed by atoms with Crippen LogP contribution in [-0.4, -0.2) is 18.0 Å². The zero-order valence-electron chi connectivity index (χ0n) is 17.1. The van der Waals surface area contributed by atoms with Crippen molar-refractivity contribution in [3.8, 4) is 0 Å². The van der Waals surface area contributed by atoms with E-state index >= 15 is 0 Å². The molecule has 2 aliphatic carbocycles. The van der Waals surface area contributed by atoms with Crippen LogP contribution in [0.4, 0.5) is 0 Å². The van der Waals surface area contributed by atoms with Gasteiger partial charge in [0.15, 0.2) is 0 Å². The van der Waals surface area contributed by atoms with Gasteiger partial charge < -0.3 is 13.9 Å². The highest BCUT2D eigenvalue weighted by molar-refractivity contribution is 5.87. The van der Waals surface area contributed by atoms with E-state index in [2.05, 4.69) is 13.8 Å². The largest absolute Gasteiger partial charge is 0.469 e. The van der Waals surface area contributed by atoms with Crippen LogP contribution in [0.3, 0.4) is 0 Å². The van der Waals surface area contributed by atoms with Gasteiger partial charge in [0.1, 0.15) is 18.0 Å². The fraction of sp³-hybridized carbons (Fsp3) is 0.636. The van der Waals surface area contributed by atoms with Crippen LogP contribution in [0.15, 0.2) is 22.3 Å². The normalized spacial score (nSPS) is 33.0. The Balaban J connectivity index is 1.98. The first-order valence-corrected chi connectivity index (χ1v) is 9.78. The molecule has 5 heteroatoms. The van der Waals surface area contributed by atoms with E-state index in [1.165, 1.54) is 6.92 Å². The van der Waals surface area contributed by atoms with Gasteiger partial charge in [0.2, 0.25) is 0 Å². The maximum Gasteiger partial charge on any atom is 0.333 e. The SMILES string of the molecule is CC=C(C)C(=O)O[C@H]1CC[C@@H]2Cc3occ(C)c3[C@@H](OC(C)=O)[C@]2(C)[C@H]1C. The molecule has 0 radical (unpaired) electrons. The van der Waals surface area contributed by atoms with Crippen molar-refractivity contribution in [1.29, 1.82) is 0 Å². The van der Waals surface area contributed by atoms with E-state index in [9.17, 15) is 9.59 Å². The van der Waals surface area contributed by atoms with Gasteiger partial charge in [-0.05, 0) is 45.1 Å². The second kappa shape index (κ2) is 7.17. The molecule has 0 aliphatic heterocycles. The Hall–Kier alpha value is -2.04. The van der Waals surface area contributed by atoms with Gasteiger partial charge >= 0.3 is 11.9 Å². The van der Waals surface area contributed by atoms with Crippen LogP contribution in [0.5, 0.6) is 0 Å². The molecule has 5 atom stereocenters. The third-order valence-corrected chi connectivity index (χ3v) is 6.88. The Morgan fingerprint density at radius 2 is 1.96 bits per heavy atom. The monoisotopic (exact) mass is 374 g/mol. The quantitative estimate of drug-likeness (QED) is 0.568. The number of hydrogen-bond donors (Lipinski definition) is 0. The highest BCUT2D eigenvalue weighted by atomic mass is 16.6. The van der Waals surface area contributed by atoms with Gasteiger partial charge in [-0.25, -0.2) is 4.79 Å². The topological polar surface area (TPSA) is 65.7 Å². The van der Waals surface area contributed by atoms with Crippen LogP contribution in [0, 0.1) is 24.2 Å². The van der Waals surface area contributed by atoms with E-state index in [0.717, 1.165) is 36.1 Å². The number of rotatable bonds is 3. The van der Waals surface area contributed by atoms with Crippen molar-refractivity contribution in [2.24, 2.45) is 17.3 Å². The molecule has 0 spiro atoms. The third kappa shape index (κ3) is 3.21. The number of esters is 2. The molecule has 0 aromatic carbocycles. The van der Waals surface area contributed by atoms with E-state index in [1.807, 2.05) is 13.8 Å². The Morgan fingerprint density at radius 1 is 1.26 bits per heavy atom. The van der Waals surface area contributed by atoms with Gasteiger partial charge in [0.25, 0.3) is 0 Å². The lowest BCUT2D eigenvalue weighted by Gasteiger charge is -2.54. The average Bonchev–Trinajstić information content (AvgIpc) is 2.98. The van der Waals surface area contributed by atoms with Gasteiger partial charge in [0, 0.05) is 35.8 Å². The van der Waals surface area contributed by atoms with E-state index in [4.69, 9.17) is 13.9 Å². The Bertz CT molecular complexity index is 774. The molecule has 148 valence electrons. The molecule has 27 heavy (non-hydrogen) atoms. The van der Waals surface area contributed by atoms with Gasteiger partial charge in [-0.2, -0.15) is 0 Å². The number of fused-ring (bicyclic) bond motifs is 2. The Labute approximate surface area is 161 Å². The highest BCUT2D eigenvalue weighted by Crippen LogP contribution is 2.60. The fourth-order valence-electron chi connectivity index (χ4n) is 4.89. The fourth-order valence-corrected chi connectivity index (χ4v) is 4.89. The van der Waals surface area contributed by atoms with Crippen molar-refractivity contribution in [3.05, 3.63) is 34.8 Å². The summed E-state index contributed by atoms with van der Waals surface area (Å²) in [5.74, 6) is 0.721. The molecule has 3 rings (SSSR count). The summed E-state index contributed by atoms with van der Waals surface area (Å²) >= 11 is 0. The molecular formula is C22H30O5. The minimum absolute atomic E-state index is 0.0525. The van der Waals surface area contributed by atoms with Crippen molar-refractivity contribution in [2.45, 2.75) is 73.0 Å². The van der Waals surface area contributed by atoms with Crippen LogP contribution in [0.2, 0.25) is 0 Å². The molecule has 1 saturated carbocycles. The van der Waals surface area contributed by atoms with Crippen LogP contribution < -0.4 is 0 Å². The number of hydrogen-bond acceptors (Lipinski definition) is 5. The second-order valence-corrected chi connectivity index (χ2v) is 8.29. The molecule has 0 saturated heterocycles. The molecule has 5 nitrogen and oxygen atoms in total. The number of furan rings is 1. The summed E-state index contributed by atoms with van der Waals surface area (Å²) in [6, 6.07) is 0. The molecule has 2 aliphatic rings. The van der Waals surface area contributed by atoms with E-state index < -0.39 is 0 Å². The Morgan fingerprint density at radius 3 is 2.59 bits per heavy atom. The lowest BCUT2D eigenvalue weighted by molar-refractivity contribution is -0.184. The Kier molecular flexibility index (Phi) is 5.24. The summed E-state index contributed by atoms with van der Waals surface area (Å²) in [6.45, 7) is 11.3. The van der Waals surface area contributed by atoms with E-state index in [0.29, 0.717) is 11.5 Å². The average molecular weight is 374 g/mol. The summed E-state index contributed by atoms with van der Waals surface area (Å²) in [4.78, 5) is 24.3. The lowest BCUT2D eigenvalue weighted by atomic mass is 9.53. The van der Waals surface area contributed by atoms with E-state index in [1.54, 1.807) is 19.3 Å². The predicted octanol–water partition coefficient (Wildman–Crippen LogP) is 4.68. The molecule has 0 amide bonds. The summed E-state index contributed by atoms with van der Waals surface area (Å²) in [5, 5.41) is 0. The van der Waals surface area contributed by atoms with Gasteiger partial charge in [-0.3, -0.25) is 4.79 Å². The number of aryl methyl sites for hydroxylation is 1. The molecular weight excluding hydrogens is 344 g/mol.